The van der Waals surface area contributed by atoms with Crippen LogP contribution < -0.4 is 5.32 Å². The number of hydrogen-bond acceptors (Lipinski definition) is 8. The molecule has 15 heteroatoms. The van der Waals surface area contributed by atoms with Crippen LogP contribution >= 0.6 is 0 Å². The summed E-state index contributed by atoms with van der Waals surface area (Å²) >= 11 is 0. The van der Waals surface area contributed by atoms with E-state index in [1.165, 1.54) is 9.80 Å². The van der Waals surface area contributed by atoms with Crippen molar-refractivity contribution in [2.45, 2.75) is 90.5 Å². The SMILES string of the molecule is CC(C)(C)OC(=O)N1CCC[C@H]1C(=O)N1CCN(C(=O)c2ccc(F)cc2F)CC1.CC(C)(C)OC(=O)N1CCC[C@H]1C(=O)N1CCNCC1. The van der Waals surface area contributed by atoms with Crippen LogP contribution in [0.25, 0.3) is 0 Å². The molecule has 1 aromatic carbocycles. The number of likely N-dealkylation sites (tertiary alicyclic amines) is 2. The number of carbonyl (C=O) groups is 5. The van der Waals surface area contributed by atoms with E-state index in [4.69, 9.17) is 9.47 Å². The van der Waals surface area contributed by atoms with Gasteiger partial charge in [0, 0.05) is 71.5 Å². The summed E-state index contributed by atoms with van der Waals surface area (Å²) in [4.78, 5) is 70.6. The molecule has 50 heavy (non-hydrogen) atoms. The van der Waals surface area contributed by atoms with Crippen molar-refractivity contribution in [2.24, 2.45) is 0 Å². The third-order valence-corrected chi connectivity index (χ3v) is 8.80. The smallest absolute Gasteiger partial charge is 0.410 e. The van der Waals surface area contributed by atoms with Crippen LogP contribution in [0, 0.1) is 11.6 Å². The first kappa shape index (κ1) is 38.8. The Hall–Kier alpha value is -4.01. The highest BCUT2D eigenvalue weighted by Gasteiger charge is 2.40. The van der Waals surface area contributed by atoms with E-state index in [0.717, 1.165) is 57.6 Å². The van der Waals surface area contributed by atoms with E-state index in [-0.39, 0.29) is 55.7 Å². The Kier molecular flexibility index (Phi) is 12.7. The van der Waals surface area contributed by atoms with Gasteiger partial charge in [-0.1, -0.05) is 0 Å². The van der Waals surface area contributed by atoms with E-state index in [9.17, 15) is 32.8 Å². The number of benzene rings is 1. The van der Waals surface area contributed by atoms with Gasteiger partial charge < -0.3 is 29.5 Å². The molecular weight excluding hydrogens is 654 g/mol. The van der Waals surface area contributed by atoms with E-state index in [2.05, 4.69) is 5.32 Å². The normalized spacial score (nSPS) is 21.4. The lowest BCUT2D eigenvalue weighted by Crippen LogP contribution is -2.55. The minimum Gasteiger partial charge on any atom is -0.444 e. The highest BCUT2D eigenvalue weighted by Crippen LogP contribution is 2.25. The molecule has 0 aromatic heterocycles. The van der Waals surface area contributed by atoms with Gasteiger partial charge in [0.05, 0.1) is 5.56 Å². The minimum absolute atomic E-state index is 0.0647. The van der Waals surface area contributed by atoms with Crippen molar-refractivity contribution in [2.75, 3.05) is 65.4 Å². The average Bonchev–Trinajstić information content (AvgIpc) is 3.74. The van der Waals surface area contributed by atoms with Gasteiger partial charge in [-0.2, -0.15) is 0 Å². The van der Waals surface area contributed by atoms with Crippen molar-refractivity contribution < 1.29 is 42.2 Å². The Morgan fingerprint density at radius 3 is 1.54 bits per heavy atom. The molecule has 0 bridgehead atoms. The molecule has 4 aliphatic rings. The number of nitrogens with zero attached hydrogens (tertiary/aromatic N) is 5. The second-order valence-corrected chi connectivity index (χ2v) is 15.0. The summed E-state index contributed by atoms with van der Waals surface area (Å²) in [6.07, 6.45) is 2.02. The molecule has 0 spiro atoms. The van der Waals surface area contributed by atoms with E-state index in [1.807, 2.05) is 25.7 Å². The second kappa shape index (κ2) is 16.3. The Morgan fingerprint density at radius 2 is 1.10 bits per heavy atom. The Labute approximate surface area is 293 Å². The molecule has 0 saturated carbocycles. The maximum absolute atomic E-state index is 13.9. The molecule has 0 unspecified atom stereocenters. The van der Waals surface area contributed by atoms with Crippen LogP contribution in [0.5, 0.6) is 0 Å². The molecule has 2 atom stereocenters. The lowest BCUT2D eigenvalue weighted by molar-refractivity contribution is -0.137. The number of nitrogens with one attached hydrogen (secondary N) is 1. The molecule has 0 radical (unpaired) electrons. The largest absolute Gasteiger partial charge is 0.444 e. The van der Waals surface area contributed by atoms with E-state index in [0.29, 0.717) is 25.6 Å². The maximum Gasteiger partial charge on any atom is 0.410 e. The highest BCUT2D eigenvalue weighted by atomic mass is 19.1. The van der Waals surface area contributed by atoms with Gasteiger partial charge >= 0.3 is 12.2 Å². The van der Waals surface area contributed by atoms with Crippen LogP contribution in [-0.4, -0.2) is 143 Å². The number of piperazine rings is 2. The Morgan fingerprint density at radius 1 is 0.660 bits per heavy atom. The van der Waals surface area contributed by atoms with E-state index >= 15 is 0 Å². The van der Waals surface area contributed by atoms with Gasteiger partial charge in [-0.25, -0.2) is 18.4 Å². The lowest BCUT2D eigenvalue weighted by atomic mass is 10.1. The fourth-order valence-corrected chi connectivity index (χ4v) is 6.39. The summed E-state index contributed by atoms with van der Waals surface area (Å²) in [6, 6.07) is 1.93. The number of hydrogen-bond donors (Lipinski definition) is 1. The van der Waals surface area contributed by atoms with E-state index in [1.54, 1.807) is 30.6 Å². The predicted molar refractivity (Wildman–Crippen MR) is 180 cm³/mol. The molecule has 4 fully saturated rings. The highest BCUT2D eigenvalue weighted by molar-refractivity contribution is 5.95. The molecule has 0 aliphatic carbocycles. The topological polar surface area (TPSA) is 132 Å². The molecular formula is C35H52F2N6O7. The molecule has 278 valence electrons. The Bertz CT molecular complexity index is 1400. The van der Waals surface area contributed by atoms with Crippen LogP contribution in [0.1, 0.15) is 77.6 Å². The number of rotatable bonds is 3. The first-order valence-electron chi connectivity index (χ1n) is 17.5. The van der Waals surface area contributed by atoms with Gasteiger partial charge in [0.15, 0.2) is 0 Å². The summed E-state index contributed by atoms with van der Waals surface area (Å²) in [5.74, 6) is -2.29. The Balaban J connectivity index is 0.000000244. The monoisotopic (exact) mass is 706 g/mol. The molecule has 5 amide bonds. The number of ether oxygens (including phenoxy) is 2. The first-order valence-corrected chi connectivity index (χ1v) is 17.5. The zero-order valence-corrected chi connectivity index (χ0v) is 30.1. The van der Waals surface area contributed by atoms with Gasteiger partial charge in [0.2, 0.25) is 11.8 Å². The first-order chi connectivity index (χ1) is 23.4. The summed E-state index contributed by atoms with van der Waals surface area (Å²) < 4.78 is 37.8. The molecule has 1 N–H and O–H groups in total. The van der Waals surface area contributed by atoms with Crippen LogP contribution in [-0.2, 0) is 19.1 Å². The number of amides is 5. The predicted octanol–water partition coefficient (Wildman–Crippen LogP) is 3.47. The van der Waals surface area contributed by atoms with Gasteiger partial charge in [0.25, 0.3) is 5.91 Å². The van der Waals surface area contributed by atoms with Crippen molar-refractivity contribution >= 4 is 29.9 Å². The van der Waals surface area contributed by atoms with Crippen LogP contribution in [0.15, 0.2) is 18.2 Å². The van der Waals surface area contributed by atoms with Crippen molar-refractivity contribution in [1.82, 2.24) is 29.8 Å². The van der Waals surface area contributed by atoms with Crippen LogP contribution in [0.2, 0.25) is 0 Å². The van der Waals surface area contributed by atoms with Crippen molar-refractivity contribution in [3.63, 3.8) is 0 Å². The van der Waals surface area contributed by atoms with E-state index < -0.39 is 40.9 Å². The zero-order valence-electron chi connectivity index (χ0n) is 30.1. The quantitative estimate of drug-likeness (QED) is 0.506. The van der Waals surface area contributed by atoms with Crippen LogP contribution in [0.3, 0.4) is 0 Å². The molecule has 13 nitrogen and oxygen atoms in total. The van der Waals surface area contributed by atoms with Gasteiger partial charge in [0.1, 0.15) is 34.9 Å². The summed E-state index contributed by atoms with van der Waals surface area (Å²) in [5.41, 5.74) is -1.36. The van der Waals surface area contributed by atoms with Gasteiger partial charge in [-0.05, 0) is 79.4 Å². The number of halogens is 2. The summed E-state index contributed by atoms with van der Waals surface area (Å²) in [7, 11) is 0. The maximum atomic E-state index is 13.9. The second-order valence-electron chi connectivity index (χ2n) is 15.0. The third kappa shape index (κ3) is 10.3. The van der Waals surface area contributed by atoms with Crippen molar-refractivity contribution in [3.05, 3.63) is 35.4 Å². The van der Waals surface area contributed by atoms with Crippen molar-refractivity contribution in [1.29, 1.82) is 0 Å². The minimum atomic E-state index is -0.905. The lowest BCUT2D eigenvalue weighted by Gasteiger charge is -2.37. The summed E-state index contributed by atoms with van der Waals surface area (Å²) in [6.45, 7) is 16.1. The van der Waals surface area contributed by atoms with Gasteiger partial charge in [-0.15, -0.1) is 0 Å². The van der Waals surface area contributed by atoms with Crippen LogP contribution in [0.4, 0.5) is 18.4 Å². The molecule has 1 aromatic rings. The van der Waals surface area contributed by atoms with Crippen molar-refractivity contribution in [3.8, 4) is 0 Å². The third-order valence-electron chi connectivity index (χ3n) is 8.80. The zero-order chi connectivity index (χ0) is 36.8. The molecule has 5 rings (SSSR count). The van der Waals surface area contributed by atoms with Gasteiger partial charge in [-0.3, -0.25) is 24.2 Å². The molecule has 4 heterocycles. The summed E-state index contributed by atoms with van der Waals surface area (Å²) in [5, 5.41) is 3.23. The molecule has 4 aliphatic heterocycles. The fourth-order valence-electron chi connectivity index (χ4n) is 6.39. The molecule has 4 saturated heterocycles. The standard InChI is InChI=1S/C21H27F2N3O4.C14H25N3O3/c1-21(2,3)30-20(29)26-8-4-5-17(26)19(28)25-11-9-24(10-12-25)18(27)15-7-6-14(22)13-16(15)23;1-14(2,3)20-13(19)17-8-4-5-11(17)12(18)16-9-6-15-7-10-16/h6-7,13,17H,4-5,8-12H2,1-3H3;11,15H,4-10H2,1-3H3/t17-;11-/m00/s1. The number of carbonyl (C=O) groups excluding carboxylic acids is 5. The fraction of sp³-hybridized carbons (Fsp3) is 0.686. The average molecular weight is 707 g/mol.